The monoisotopic (exact) mass is 274 g/mol. The minimum absolute atomic E-state index is 0.0128. The van der Waals surface area contributed by atoms with Gasteiger partial charge < -0.3 is 10.4 Å². The molecule has 0 aromatic carbocycles. The Kier molecular flexibility index (Phi) is 5.42. The summed E-state index contributed by atoms with van der Waals surface area (Å²) in [7, 11) is 0. The van der Waals surface area contributed by atoms with Crippen LogP contribution in [-0.2, 0) is 4.79 Å². The average molecular weight is 274 g/mol. The number of thioether (sulfide) groups is 1. The van der Waals surface area contributed by atoms with Crippen LogP contribution in [0.25, 0.3) is 0 Å². The molecule has 1 rings (SSSR count). The van der Waals surface area contributed by atoms with Gasteiger partial charge in [0.1, 0.15) is 6.04 Å². The van der Waals surface area contributed by atoms with Crippen molar-refractivity contribution in [3.63, 3.8) is 0 Å². The second-order valence-electron chi connectivity index (χ2n) is 4.03. The normalized spacial score (nSPS) is 12.9. The fourth-order valence-corrected chi connectivity index (χ4v) is 2.59. The minimum atomic E-state index is -0.904. The van der Waals surface area contributed by atoms with Gasteiger partial charge in [0, 0.05) is 11.8 Å². The van der Waals surface area contributed by atoms with Gasteiger partial charge in [0.15, 0.2) is 5.16 Å². The van der Waals surface area contributed by atoms with E-state index >= 15 is 0 Å². The maximum Gasteiger partial charge on any atom is 0.344 e. The highest BCUT2D eigenvalue weighted by Crippen LogP contribution is 2.17. The van der Waals surface area contributed by atoms with Crippen LogP contribution in [0.5, 0.6) is 0 Å². The highest BCUT2D eigenvalue weighted by molar-refractivity contribution is 7.99. The smallest absolute Gasteiger partial charge is 0.344 e. The predicted molar refractivity (Wildman–Crippen MR) is 69.1 cm³/mol. The third-order valence-corrected chi connectivity index (χ3v) is 3.36. The molecule has 18 heavy (non-hydrogen) atoms. The van der Waals surface area contributed by atoms with Gasteiger partial charge in [0.05, 0.1) is 0 Å². The van der Waals surface area contributed by atoms with Crippen LogP contribution in [0.2, 0.25) is 0 Å². The van der Waals surface area contributed by atoms with E-state index in [1.807, 2.05) is 20.8 Å². The highest BCUT2D eigenvalue weighted by Gasteiger charge is 2.19. The van der Waals surface area contributed by atoms with Gasteiger partial charge >= 0.3 is 11.7 Å². The zero-order chi connectivity index (χ0) is 13.7. The van der Waals surface area contributed by atoms with Gasteiger partial charge in [0.2, 0.25) is 0 Å². The number of nitrogens with zero attached hydrogens (tertiary/aromatic N) is 2. The summed E-state index contributed by atoms with van der Waals surface area (Å²) in [6.07, 6.45) is 0. The largest absolute Gasteiger partial charge is 0.480 e. The second kappa shape index (κ2) is 6.60. The zero-order valence-corrected chi connectivity index (χ0v) is 11.5. The zero-order valence-electron chi connectivity index (χ0n) is 10.6. The molecule has 102 valence electrons. The van der Waals surface area contributed by atoms with Crippen LogP contribution in [-0.4, -0.2) is 44.2 Å². The predicted octanol–water partition coefficient (Wildman–Crippen LogP) is 0.307. The Hall–Kier alpha value is -1.28. The molecule has 0 fully saturated rings. The van der Waals surface area contributed by atoms with Gasteiger partial charge in [0.25, 0.3) is 0 Å². The van der Waals surface area contributed by atoms with Gasteiger partial charge in [-0.15, -0.1) is 5.10 Å². The minimum Gasteiger partial charge on any atom is -0.480 e. The summed E-state index contributed by atoms with van der Waals surface area (Å²) >= 11 is 1.25. The number of rotatable bonds is 7. The van der Waals surface area contributed by atoms with E-state index in [0.717, 1.165) is 0 Å². The molecule has 0 aliphatic rings. The van der Waals surface area contributed by atoms with Crippen LogP contribution in [0.4, 0.5) is 0 Å². The molecule has 0 saturated carbocycles. The summed E-state index contributed by atoms with van der Waals surface area (Å²) in [4.78, 5) is 22.4. The third-order valence-electron chi connectivity index (χ3n) is 2.32. The molecule has 3 N–H and O–H groups in total. The lowest BCUT2D eigenvalue weighted by molar-refractivity contribution is -0.138. The number of carbonyl (C=O) groups is 1. The van der Waals surface area contributed by atoms with E-state index in [0.29, 0.717) is 17.5 Å². The molecular weight excluding hydrogens is 256 g/mol. The maximum atomic E-state index is 11.5. The van der Waals surface area contributed by atoms with Crippen LogP contribution in [0.15, 0.2) is 9.95 Å². The molecule has 0 saturated heterocycles. The molecule has 1 aromatic rings. The number of H-pyrrole nitrogens is 1. The number of likely N-dealkylation sites (N-methyl/N-ethyl adjacent to an activating group) is 1. The summed E-state index contributed by atoms with van der Waals surface area (Å²) in [5.74, 6) is -0.585. The number of carboxylic acids is 1. The van der Waals surface area contributed by atoms with E-state index in [1.54, 1.807) is 0 Å². The molecule has 0 aliphatic carbocycles. The number of carboxylic acid groups (broad SMARTS) is 1. The first-order valence-electron chi connectivity index (χ1n) is 5.73. The van der Waals surface area contributed by atoms with Crippen LogP contribution in [0.1, 0.15) is 26.8 Å². The molecule has 0 bridgehead atoms. The molecule has 1 heterocycles. The molecule has 0 aliphatic heterocycles. The SMILES string of the molecule is CCNC(CSc1n[nH]c(=O)n1C(C)C)C(=O)O. The number of hydrogen-bond acceptors (Lipinski definition) is 5. The van der Waals surface area contributed by atoms with Gasteiger partial charge in [-0.25, -0.2) is 9.89 Å². The molecular formula is C10H18N4O3S. The Morgan fingerprint density at radius 3 is 2.78 bits per heavy atom. The molecule has 0 amide bonds. The van der Waals surface area contributed by atoms with Crippen LogP contribution in [0, 0.1) is 0 Å². The lowest BCUT2D eigenvalue weighted by Gasteiger charge is -2.13. The number of aliphatic carboxylic acids is 1. The number of hydrogen-bond donors (Lipinski definition) is 3. The Balaban J connectivity index is 2.73. The van der Waals surface area contributed by atoms with Crippen molar-refractivity contribution in [1.29, 1.82) is 0 Å². The first-order chi connectivity index (χ1) is 8.47. The van der Waals surface area contributed by atoms with E-state index in [2.05, 4.69) is 15.5 Å². The topological polar surface area (TPSA) is 100 Å². The van der Waals surface area contributed by atoms with E-state index in [9.17, 15) is 9.59 Å². The van der Waals surface area contributed by atoms with E-state index in [-0.39, 0.29) is 11.7 Å². The van der Waals surface area contributed by atoms with Crippen molar-refractivity contribution in [2.75, 3.05) is 12.3 Å². The third kappa shape index (κ3) is 3.61. The summed E-state index contributed by atoms with van der Waals surface area (Å²) in [5, 5.41) is 18.6. The van der Waals surface area contributed by atoms with Crippen molar-refractivity contribution in [1.82, 2.24) is 20.1 Å². The van der Waals surface area contributed by atoms with E-state index in [1.165, 1.54) is 16.3 Å². The van der Waals surface area contributed by atoms with Crippen LogP contribution >= 0.6 is 11.8 Å². The quantitative estimate of drug-likeness (QED) is 0.619. The molecule has 0 radical (unpaired) electrons. The lowest BCUT2D eigenvalue weighted by atomic mass is 10.3. The second-order valence-corrected chi connectivity index (χ2v) is 5.02. The van der Waals surface area contributed by atoms with Gasteiger partial charge in [-0.2, -0.15) is 0 Å². The Labute approximate surface area is 109 Å². The standard InChI is InChI=1S/C10H18N4O3S/c1-4-11-7(8(15)16)5-18-10-13-12-9(17)14(10)6(2)3/h6-7,11H,4-5H2,1-3H3,(H,12,17)(H,15,16). The molecule has 0 spiro atoms. The molecule has 8 heteroatoms. The van der Waals surface area contributed by atoms with Crippen molar-refractivity contribution in [2.24, 2.45) is 0 Å². The van der Waals surface area contributed by atoms with Crippen LogP contribution < -0.4 is 11.0 Å². The Morgan fingerprint density at radius 1 is 1.61 bits per heavy atom. The van der Waals surface area contributed by atoms with Gasteiger partial charge in [-0.05, 0) is 20.4 Å². The average Bonchev–Trinajstić information content (AvgIpc) is 2.65. The number of aromatic nitrogens is 3. The molecule has 7 nitrogen and oxygen atoms in total. The van der Waals surface area contributed by atoms with Crippen molar-refractivity contribution in [2.45, 2.75) is 38.0 Å². The molecule has 1 aromatic heterocycles. The lowest BCUT2D eigenvalue weighted by Crippen LogP contribution is -2.38. The van der Waals surface area contributed by atoms with Gasteiger partial charge in [-0.1, -0.05) is 18.7 Å². The maximum absolute atomic E-state index is 11.5. The summed E-state index contributed by atoms with van der Waals surface area (Å²) in [6.45, 7) is 6.17. The fraction of sp³-hybridized carbons (Fsp3) is 0.700. The highest BCUT2D eigenvalue weighted by atomic mass is 32.2. The van der Waals surface area contributed by atoms with Crippen molar-refractivity contribution in [3.05, 3.63) is 10.5 Å². The summed E-state index contributed by atoms with van der Waals surface area (Å²) in [5.41, 5.74) is -0.275. The summed E-state index contributed by atoms with van der Waals surface area (Å²) in [6, 6.07) is -0.659. The number of aromatic amines is 1. The molecule has 1 unspecified atom stereocenters. The Morgan fingerprint density at radius 2 is 2.28 bits per heavy atom. The van der Waals surface area contributed by atoms with Gasteiger partial charge in [-0.3, -0.25) is 9.36 Å². The Bertz CT molecular complexity index is 454. The van der Waals surface area contributed by atoms with Crippen molar-refractivity contribution < 1.29 is 9.90 Å². The number of nitrogens with one attached hydrogen (secondary N) is 2. The van der Waals surface area contributed by atoms with Crippen LogP contribution in [0.3, 0.4) is 0 Å². The molecule has 1 atom stereocenters. The van der Waals surface area contributed by atoms with Crippen molar-refractivity contribution in [3.8, 4) is 0 Å². The fourth-order valence-electron chi connectivity index (χ4n) is 1.47. The van der Waals surface area contributed by atoms with E-state index in [4.69, 9.17) is 5.11 Å². The van der Waals surface area contributed by atoms with Crippen molar-refractivity contribution >= 4 is 17.7 Å². The summed E-state index contributed by atoms with van der Waals surface area (Å²) < 4.78 is 1.51. The van der Waals surface area contributed by atoms with E-state index < -0.39 is 12.0 Å². The first kappa shape index (κ1) is 14.8. The first-order valence-corrected chi connectivity index (χ1v) is 6.71.